The highest BCUT2D eigenvalue weighted by Crippen LogP contribution is 2.29. The minimum atomic E-state index is -1.13. The Morgan fingerprint density at radius 3 is 2.72 bits per heavy atom. The molecule has 2 fully saturated rings. The maximum Gasteiger partial charge on any atom is 0.306 e. The lowest BCUT2D eigenvalue weighted by molar-refractivity contribution is -0.178. The van der Waals surface area contributed by atoms with Gasteiger partial charge in [-0.2, -0.15) is 0 Å². The van der Waals surface area contributed by atoms with Crippen molar-refractivity contribution in [3.63, 3.8) is 0 Å². The van der Waals surface area contributed by atoms with Crippen LogP contribution in [0.1, 0.15) is 26.2 Å². The fraction of sp³-hybridized carbons (Fsp3) is 0.917. The molecular weight excluding hydrogens is 238 g/mol. The average Bonchev–Trinajstić information content (AvgIpc) is 2.67. The van der Waals surface area contributed by atoms with Gasteiger partial charge in [0.1, 0.15) is 18.3 Å². The number of piperidine rings is 1. The van der Waals surface area contributed by atoms with E-state index in [1.165, 1.54) is 0 Å². The summed E-state index contributed by atoms with van der Waals surface area (Å²) < 4.78 is 5.19. The fourth-order valence-electron chi connectivity index (χ4n) is 2.82. The smallest absolute Gasteiger partial charge is 0.306 e. The van der Waals surface area contributed by atoms with Crippen LogP contribution in [0.2, 0.25) is 0 Å². The van der Waals surface area contributed by atoms with Gasteiger partial charge in [0.05, 0.1) is 12.1 Å². The first kappa shape index (κ1) is 13.7. The van der Waals surface area contributed by atoms with E-state index in [1.54, 1.807) is 0 Å². The van der Waals surface area contributed by atoms with Gasteiger partial charge in [0.2, 0.25) is 0 Å². The molecule has 18 heavy (non-hydrogen) atoms. The lowest BCUT2D eigenvalue weighted by atomic mass is 9.93. The van der Waals surface area contributed by atoms with E-state index in [1.807, 2.05) is 11.8 Å². The SMILES string of the molecule is CCCC(=O)O[C@H]1CN2CC[C@H](O)C2[C@@H](O)[C@H]1O. The summed E-state index contributed by atoms with van der Waals surface area (Å²) >= 11 is 0. The molecule has 2 rings (SSSR count). The van der Waals surface area contributed by atoms with Gasteiger partial charge in [-0.05, 0) is 12.8 Å². The van der Waals surface area contributed by atoms with Crippen LogP contribution < -0.4 is 0 Å². The first-order chi connectivity index (χ1) is 8.54. The van der Waals surface area contributed by atoms with Gasteiger partial charge >= 0.3 is 5.97 Å². The van der Waals surface area contributed by atoms with Crippen LogP contribution in [0.5, 0.6) is 0 Å². The van der Waals surface area contributed by atoms with Crippen molar-refractivity contribution in [2.45, 2.75) is 56.6 Å². The van der Waals surface area contributed by atoms with Gasteiger partial charge in [-0.3, -0.25) is 9.69 Å². The van der Waals surface area contributed by atoms with Crippen molar-refractivity contribution in [3.8, 4) is 0 Å². The number of nitrogens with zero attached hydrogens (tertiary/aromatic N) is 1. The molecule has 2 saturated heterocycles. The van der Waals surface area contributed by atoms with E-state index >= 15 is 0 Å². The lowest BCUT2D eigenvalue weighted by Gasteiger charge is -2.42. The number of esters is 1. The van der Waals surface area contributed by atoms with E-state index < -0.39 is 30.5 Å². The molecule has 0 bridgehead atoms. The second-order valence-corrected chi connectivity index (χ2v) is 5.10. The molecule has 0 aromatic heterocycles. The van der Waals surface area contributed by atoms with Crippen molar-refractivity contribution in [1.29, 1.82) is 0 Å². The summed E-state index contributed by atoms with van der Waals surface area (Å²) in [5.41, 5.74) is 0. The minimum absolute atomic E-state index is 0.311. The van der Waals surface area contributed by atoms with Gasteiger partial charge in [-0.15, -0.1) is 0 Å². The molecule has 0 radical (unpaired) electrons. The Morgan fingerprint density at radius 2 is 2.06 bits per heavy atom. The van der Waals surface area contributed by atoms with Crippen LogP contribution >= 0.6 is 0 Å². The number of rotatable bonds is 3. The van der Waals surface area contributed by atoms with Crippen molar-refractivity contribution in [1.82, 2.24) is 4.90 Å². The molecule has 0 amide bonds. The van der Waals surface area contributed by atoms with Crippen molar-refractivity contribution in [2.75, 3.05) is 13.1 Å². The van der Waals surface area contributed by atoms with Gasteiger partial charge in [0.15, 0.2) is 0 Å². The van der Waals surface area contributed by atoms with Gasteiger partial charge in [-0.1, -0.05) is 6.92 Å². The largest absolute Gasteiger partial charge is 0.458 e. The normalized spacial score (nSPS) is 40.6. The number of aliphatic hydroxyl groups is 3. The van der Waals surface area contributed by atoms with E-state index in [9.17, 15) is 20.1 Å². The zero-order chi connectivity index (χ0) is 13.3. The Bertz CT molecular complexity index is 311. The highest BCUT2D eigenvalue weighted by Gasteiger charge is 2.49. The van der Waals surface area contributed by atoms with Crippen molar-refractivity contribution >= 4 is 5.97 Å². The number of hydrogen-bond acceptors (Lipinski definition) is 6. The highest BCUT2D eigenvalue weighted by atomic mass is 16.6. The van der Waals surface area contributed by atoms with E-state index in [0.717, 1.165) is 0 Å². The maximum absolute atomic E-state index is 11.4. The first-order valence-corrected chi connectivity index (χ1v) is 6.52. The standard InChI is InChI=1S/C12H21NO5/c1-2-3-9(15)18-8-6-13-5-4-7(14)10(13)12(17)11(8)16/h7-8,10-12,14,16-17H,2-6H2,1H3/t7-,8-,10?,11-,12+/m0/s1. The first-order valence-electron chi connectivity index (χ1n) is 6.52. The molecule has 104 valence electrons. The average molecular weight is 259 g/mol. The Hall–Kier alpha value is -0.690. The molecule has 5 atom stereocenters. The molecule has 6 nitrogen and oxygen atoms in total. The summed E-state index contributed by atoms with van der Waals surface area (Å²) in [7, 11) is 0. The third-order valence-electron chi connectivity index (χ3n) is 3.76. The quantitative estimate of drug-likeness (QED) is 0.556. The summed E-state index contributed by atoms with van der Waals surface area (Å²) in [5.74, 6) is -0.355. The zero-order valence-electron chi connectivity index (χ0n) is 10.5. The summed E-state index contributed by atoms with van der Waals surface area (Å²) in [4.78, 5) is 13.3. The van der Waals surface area contributed by atoms with Crippen LogP contribution in [-0.4, -0.2) is 69.7 Å². The Kier molecular flexibility index (Phi) is 4.21. The number of carbonyl (C=O) groups is 1. The van der Waals surface area contributed by atoms with Gasteiger partial charge in [0, 0.05) is 19.5 Å². The van der Waals surface area contributed by atoms with Crippen LogP contribution in [-0.2, 0) is 9.53 Å². The van der Waals surface area contributed by atoms with Gasteiger partial charge in [0.25, 0.3) is 0 Å². The predicted molar refractivity (Wildman–Crippen MR) is 62.8 cm³/mol. The summed E-state index contributed by atoms with van der Waals surface area (Å²) in [5, 5.41) is 29.7. The van der Waals surface area contributed by atoms with Gasteiger partial charge < -0.3 is 20.1 Å². The number of hydrogen-bond donors (Lipinski definition) is 3. The van der Waals surface area contributed by atoms with Crippen molar-refractivity contribution in [2.24, 2.45) is 0 Å². The minimum Gasteiger partial charge on any atom is -0.458 e. The van der Waals surface area contributed by atoms with E-state index in [0.29, 0.717) is 32.4 Å². The molecule has 2 aliphatic rings. The number of ether oxygens (including phenoxy) is 1. The fourth-order valence-corrected chi connectivity index (χ4v) is 2.82. The Balaban J connectivity index is 2.00. The highest BCUT2D eigenvalue weighted by molar-refractivity contribution is 5.69. The third kappa shape index (κ3) is 2.51. The molecule has 3 N–H and O–H groups in total. The lowest BCUT2D eigenvalue weighted by Crippen LogP contribution is -2.62. The van der Waals surface area contributed by atoms with Crippen LogP contribution in [0.4, 0.5) is 0 Å². The molecule has 1 unspecified atom stereocenters. The summed E-state index contributed by atoms with van der Waals surface area (Å²) in [6, 6.07) is -0.443. The second-order valence-electron chi connectivity index (χ2n) is 5.10. The van der Waals surface area contributed by atoms with E-state index in [4.69, 9.17) is 4.74 Å². The molecule has 6 heteroatoms. The van der Waals surface area contributed by atoms with Crippen LogP contribution in [0.15, 0.2) is 0 Å². The van der Waals surface area contributed by atoms with Crippen LogP contribution in [0, 0.1) is 0 Å². The molecule has 0 spiro atoms. The summed E-state index contributed by atoms with van der Waals surface area (Å²) in [6.45, 7) is 2.90. The number of aliphatic hydroxyl groups excluding tert-OH is 3. The van der Waals surface area contributed by atoms with Crippen LogP contribution in [0.25, 0.3) is 0 Å². The monoisotopic (exact) mass is 259 g/mol. The summed E-state index contributed by atoms with van der Waals surface area (Å²) in [6.07, 6.45) is -1.96. The molecular formula is C12H21NO5. The molecule has 2 heterocycles. The molecule has 0 saturated carbocycles. The van der Waals surface area contributed by atoms with Crippen LogP contribution in [0.3, 0.4) is 0 Å². The Labute approximate surface area is 106 Å². The zero-order valence-corrected chi connectivity index (χ0v) is 10.5. The third-order valence-corrected chi connectivity index (χ3v) is 3.76. The van der Waals surface area contributed by atoms with Crippen molar-refractivity contribution in [3.05, 3.63) is 0 Å². The molecule has 2 aliphatic heterocycles. The van der Waals surface area contributed by atoms with E-state index in [-0.39, 0.29) is 5.97 Å². The number of fused-ring (bicyclic) bond motifs is 1. The Morgan fingerprint density at radius 1 is 1.33 bits per heavy atom. The topological polar surface area (TPSA) is 90.2 Å². The van der Waals surface area contributed by atoms with Gasteiger partial charge in [-0.25, -0.2) is 0 Å². The molecule has 0 aliphatic carbocycles. The number of carbonyl (C=O) groups excluding carboxylic acids is 1. The van der Waals surface area contributed by atoms with E-state index in [2.05, 4.69) is 0 Å². The predicted octanol–water partition coefficient (Wildman–Crippen LogP) is -1.13. The molecule has 0 aromatic rings. The second kappa shape index (κ2) is 5.52. The van der Waals surface area contributed by atoms with Crippen molar-refractivity contribution < 1.29 is 24.9 Å². The molecule has 0 aromatic carbocycles. The maximum atomic E-state index is 11.4.